The smallest absolute Gasteiger partial charge is 0.203 e. The van der Waals surface area contributed by atoms with Crippen LogP contribution in [0, 0.1) is 12.3 Å². The molecule has 1 aromatic heterocycles. The fraction of sp³-hybridized carbons (Fsp3) is 0.619. The first-order valence-electron chi connectivity index (χ1n) is 9.92. The van der Waals surface area contributed by atoms with Crippen molar-refractivity contribution in [3.63, 3.8) is 0 Å². The number of β-amino-alcohol motifs (C(OH)–C–C–N with tert-alkyl or cyclic N) is 1. The van der Waals surface area contributed by atoms with Crippen LogP contribution >= 0.6 is 0 Å². The van der Waals surface area contributed by atoms with E-state index in [1.165, 1.54) is 11.3 Å². The van der Waals surface area contributed by atoms with Crippen LogP contribution in [0.4, 0.5) is 5.69 Å². The predicted octanol–water partition coefficient (Wildman–Crippen LogP) is 2.99. The number of aryl methyl sites for hydroxylation is 1. The second kappa shape index (κ2) is 7.60. The number of fused-ring (bicyclic) bond motifs is 1. The van der Waals surface area contributed by atoms with Gasteiger partial charge in [-0.25, -0.2) is 4.98 Å². The summed E-state index contributed by atoms with van der Waals surface area (Å²) in [6, 6.07) is 4.57. The van der Waals surface area contributed by atoms with Gasteiger partial charge in [0, 0.05) is 43.3 Å². The van der Waals surface area contributed by atoms with Crippen molar-refractivity contribution in [1.29, 1.82) is 0 Å². The van der Waals surface area contributed by atoms with Crippen molar-refractivity contribution >= 4 is 22.5 Å². The van der Waals surface area contributed by atoms with Crippen LogP contribution in [0.1, 0.15) is 50.3 Å². The number of benzene rings is 1. The lowest BCUT2D eigenvalue weighted by atomic mass is 9.85. The molecule has 0 bridgehead atoms. The number of nitrogens with zero attached hydrogens (tertiary/aromatic N) is 3. The van der Waals surface area contributed by atoms with E-state index in [9.17, 15) is 9.90 Å². The molecule has 148 valence electrons. The standard InChI is InChI=1S/C21H32N4O2/c1-6-21(4,5)19(27)20-22-16-11-14(2)18(12-17(16)23-20)25-8-7-24(9-10-26)13-15(25)3/h11-12,15,26H,6-10,13H2,1-5H3,(H,22,23)/t15-/m1/s1. The Balaban J connectivity index is 1.90. The molecule has 1 aliphatic heterocycles. The zero-order chi connectivity index (χ0) is 19.8. The van der Waals surface area contributed by atoms with Crippen LogP contribution in [0.25, 0.3) is 11.0 Å². The molecule has 2 N–H and O–H groups in total. The molecular weight excluding hydrogens is 340 g/mol. The van der Waals surface area contributed by atoms with Gasteiger partial charge < -0.3 is 15.0 Å². The Morgan fingerprint density at radius 3 is 2.74 bits per heavy atom. The van der Waals surface area contributed by atoms with Crippen molar-refractivity contribution < 1.29 is 9.90 Å². The van der Waals surface area contributed by atoms with Gasteiger partial charge in [0.2, 0.25) is 5.78 Å². The highest BCUT2D eigenvalue weighted by atomic mass is 16.3. The van der Waals surface area contributed by atoms with Gasteiger partial charge in [-0.15, -0.1) is 0 Å². The van der Waals surface area contributed by atoms with Gasteiger partial charge in [-0.1, -0.05) is 20.8 Å². The number of H-pyrrole nitrogens is 1. The van der Waals surface area contributed by atoms with E-state index >= 15 is 0 Å². The maximum absolute atomic E-state index is 12.8. The summed E-state index contributed by atoms with van der Waals surface area (Å²) < 4.78 is 0. The van der Waals surface area contributed by atoms with Gasteiger partial charge in [-0.2, -0.15) is 0 Å². The normalized spacial score (nSPS) is 19.0. The van der Waals surface area contributed by atoms with Crippen LogP contribution in [0.15, 0.2) is 12.1 Å². The Morgan fingerprint density at radius 2 is 2.11 bits per heavy atom. The van der Waals surface area contributed by atoms with E-state index in [2.05, 4.69) is 45.7 Å². The number of anilines is 1. The molecule has 0 radical (unpaired) electrons. The van der Waals surface area contributed by atoms with Crippen LogP contribution in [0.5, 0.6) is 0 Å². The summed E-state index contributed by atoms with van der Waals surface area (Å²) in [7, 11) is 0. The van der Waals surface area contributed by atoms with Gasteiger partial charge in [0.05, 0.1) is 17.6 Å². The maximum Gasteiger partial charge on any atom is 0.203 e. The van der Waals surface area contributed by atoms with Crippen molar-refractivity contribution in [1.82, 2.24) is 14.9 Å². The molecule has 1 aromatic carbocycles. The van der Waals surface area contributed by atoms with Crippen molar-refractivity contribution in [3.8, 4) is 0 Å². The SMILES string of the molecule is CCC(C)(C)C(=O)c1nc2cc(C)c(N3CCN(CCO)C[C@H]3C)cc2[nH]1. The number of piperazine rings is 1. The first-order chi connectivity index (χ1) is 12.8. The van der Waals surface area contributed by atoms with Crippen molar-refractivity contribution in [2.24, 2.45) is 5.41 Å². The minimum atomic E-state index is -0.413. The number of aliphatic hydroxyl groups excluding tert-OH is 1. The molecule has 1 atom stereocenters. The third kappa shape index (κ3) is 3.87. The van der Waals surface area contributed by atoms with Gasteiger partial charge in [-0.05, 0) is 38.0 Å². The number of nitrogens with one attached hydrogen (secondary N) is 1. The first kappa shape index (κ1) is 19.8. The maximum atomic E-state index is 12.8. The summed E-state index contributed by atoms with van der Waals surface area (Å²) in [6.45, 7) is 14.0. The number of carbonyl (C=O) groups is 1. The van der Waals surface area contributed by atoms with Gasteiger partial charge >= 0.3 is 0 Å². The lowest BCUT2D eigenvalue weighted by Crippen LogP contribution is -2.52. The topological polar surface area (TPSA) is 72.5 Å². The molecule has 0 saturated carbocycles. The summed E-state index contributed by atoms with van der Waals surface area (Å²) in [5, 5.41) is 9.18. The van der Waals surface area contributed by atoms with Gasteiger partial charge in [0.1, 0.15) is 0 Å². The number of hydrogen-bond donors (Lipinski definition) is 2. The van der Waals surface area contributed by atoms with E-state index in [-0.39, 0.29) is 12.4 Å². The second-order valence-corrected chi connectivity index (χ2v) is 8.37. The van der Waals surface area contributed by atoms with E-state index in [0.29, 0.717) is 11.9 Å². The lowest BCUT2D eigenvalue weighted by molar-refractivity contribution is 0.0823. The summed E-state index contributed by atoms with van der Waals surface area (Å²) in [6.07, 6.45) is 0.781. The number of aromatic amines is 1. The molecular formula is C21H32N4O2. The Kier molecular flexibility index (Phi) is 5.58. The monoisotopic (exact) mass is 372 g/mol. The summed E-state index contributed by atoms with van der Waals surface area (Å²) in [4.78, 5) is 25.3. The largest absolute Gasteiger partial charge is 0.395 e. The van der Waals surface area contributed by atoms with Crippen molar-refractivity contribution in [3.05, 3.63) is 23.5 Å². The fourth-order valence-electron chi connectivity index (χ4n) is 3.78. The first-order valence-corrected chi connectivity index (χ1v) is 9.92. The molecule has 6 nitrogen and oxygen atoms in total. The van der Waals surface area contributed by atoms with E-state index < -0.39 is 5.41 Å². The van der Waals surface area contributed by atoms with E-state index in [1.54, 1.807) is 0 Å². The number of imidazole rings is 1. The number of carbonyl (C=O) groups excluding carboxylic acids is 1. The van der Waals surface area contributed by atoms with Crippen LogP contribution in [-0.2, 0) is 0 Å². The average molecular weight is 373 g/mol. The number of Topliss-reactive ketones (excluding diaryl/α,β-unsaturated/α-hetero) is 1. The molecule has 2 heterocycles. The van der Waals surface area contributed by atoms with E-state index in [4.69, 9.17) is 0 Å². The Bertz CT molecular complexity index is 827. The quantitative estimate of drug-likeness (QED) is 0.763. The molecule has 1 fully saturated rings. The van der Waals surface area contributed by atoms with Crippen LogP contribution in [0.3, 0.4) is 0 Å². The predicted molar refractivity (Wildman–Crippen MR) is 110 cm³/mol. The summed E-state index contributed by atoms with van der Waals surface area (Å²) >= 11 is 0. The van der Waals surface area contributed by atoms with Crippen LogP contribution < -0.4 is 4.90 Å². The van der Waals surface area contributed by atoms with Gasteiger partial charge in [0.15, 0.2) is 5.82 Å². The fourth-order valence-corrected chi connectivity index (χ4v) is 3.78. The van der Waals surface area contributed by atoms with Crippen molar-refractivity contribution in [2.75, 3.05) is 37.7 Å². The van der Waals surface area contributed by atoms with Gasteiger partial charge in [-0.3, -0.25) is 9.69 Å². The zero-order valence-corrected chi connectivity index (χ0v) is 17.2. The molecule has 6 heteroatoms. The molecule has 2 aromatic rings. The third-order valence-corrected chi connectivity index (χ3v) is 5.95. The summed E-state index contributed by atoms with van der Waals surface area (Å²) in [5.74, 6) is 0.514. The van der Waals surface area contributed by atoms with Gasteiger partial charge in [0.25, 0.3) is 0 Å². The highest BCUT2D eigenvalue weighted by Crippen LogP contribution is 2.30. The lowest BCUT2D eigenvalue weighted by Gasteiger charge is -2.41. The van der Waals surface area contributed by atoms with Crippen LogP contribution in [0.2, 0.25) is 0 Å². The number of aromatic nitrogens is 2. The minimum Gasteiger partial charge on any atom is -0.395 e. The molecule has 27 heavy (non-hydrogen) atoms. The molecule has 0 unspecified atom stereocenters. The number of aliphatic hydroxyl groups is 1. The molecule has 1 aliphatic rings. The average Bonchev–Trinajstić information content (AvgIpc) is 3.03. The molecule has 0 spiro atoms. The molecule has 0 aliphatic carbocycles. The second-order valence-electron chi connectivity index (χ2n) is 8.37. The number of rotatable bonds is 6. The Hall–Kier alpha value is -1.92. The van der Waals surface area contributed by atoms with E-state index in [1.807, 2.05) is 20.8 Å². The van der Waals surface area contributed by atoms with Crippen molar-refractivity contribution in [2.45, 2.75) is 47.1 Å². The highest BCUT2D eigenvalue weighted by molar-refractivity contribution is 5.99. The zero-order valence-electron chi connectivity index (χ0n) is 17.2. The molecule has 0 amide bonds. The Morgan fingerprint density at radius 1 is 1.37 bits per heavy atom. The Labute approximate surface area is 161 Å². The third-order valence-electron chi connectivity index (χ3n) is 5.95. The summed E-state index contributed by atoms with van der Waals surface area (Å²) in [5.41, 5.74) is 3.71. The number of hydrogen-bond acceptors (Lipinski definition) is 5. The van der Waals surface area contributed by atoms with Crippen LogP contribution in [-0.4, -0.2) is 64.6 Å². The molecule has 3 rings (SSSR count). The minimum absolute atomic E-state index is 0.0615. The number of ketones is 1. The van der Waals surface area contributed by atoms with E-state index in [0.717, 1.165) is 43.6 Å². The highest BCUT2D eigenvalue weighted by Gasteiger charge is 2.30. The molecule has 1 saturated heterocycles.